The van der Waals surface area contributed by atoms with Crippen LogP contribution in [0.4, 0.5) is 5.82 Å². The summed E-state index contributed by atoms with van der Waals surface area (Å²) in [6.07, 6.45) is 5.82. The molecule has 29 heavy (non-hydrogen) atoms. The number of ether oxygens (including phenoxy) is 1. The van der Waals surface area contributed by atoms with Crippen LogP contribution in [0.25, 0.3) is 11.0 Å². The summed E-state index contributed by atoms with van der Waals surface area (Å²) in [7, 11) is 0. The minimum Gasteiger partial charge on any atom is -0.378 e. The molecular weight excluding hydrogens is 364 g/mol. The van der Waals surface area contributed by atoms with Gasteiger partial charge in [0.1, 0.15) is 12.1 Å². The predicted molar refractivity (Wildman–Crippen MR) is 113 cm³/mol. The topological polar surface area (TPSA) is 59.3 Å². The standard InChI is InChI=1S/C22H28N6O/c1-17-3-2-4-18(13-17)15-26-7-5-19(6-8-26)28-22-20(14-25-28)21(23-16-24-22)27-9-11-29-12-10-27/h2-4,13-14,16,19H,5-12,15H2,1H3. The maximum atomic E-state index is 5.48. The van der Waals surface area contributed by atoms with E-state index in [1.165, 1.54) is 11.1 Å². The van der Waals surface area contributed by atoms with E-state index >= 15 is 0 Å². The SMILES string of the molecule is Cc1cccc(CN2CCC(n3ncc4c(N5CCOCC5)ncnc43)CC2)c1. The van der Waals surface area contributed by atoms with Crippen LogP contribution in [0, 0.1) is 6.92 Å². The Labute approximate surface area is 171 Å². The molecule has 152 valence electrons. The molecule has 5 rings (SSSR count). The van der Waals surface area contributed by atoms with Gasteiger partial charge in [-0.05, 0) is 25.3 Å². The van der Waals surface area contributed by atoms with Gasteiger partial charge >= 0.3 is 0 Å². The predicted octanol–water partition coefficient (Wildman–Crippen LogP) is 2.81. The summed E-state index contributed by atoms with van der Waals surface area (Å²) in [6.45, 7) is 8.59. The van der Waals surface area contributed by atoms with Crippen molar-refractivity contribution in [1.29, 1.82) is 0 Å². The van der Waals surface area contributed by atoms with Crippen LogP contribution in [0.3, 0.4) is 0 Å². The Morgan fingerprint density at radius 3 is 2.69 bits per heavy atom. The van der Waals surface area contributed by atoms with E-state index in [1.807, 2.05) is 6.20 Å². The molecule has 0 atom stereocenters. The highest BCUT2D eigenvalue weighted by Crippen LogP contribution is 2.29. The second-order valence-corrected chi connectivity index (χ2v) is 8.12. The lowest BCUT2D eigenvalue weighted by Crippen LogP contribution is -2.37. The van der Waals surface area contributed by atoms with Crippen LogP contribution in [0.5, 0.6) is 0 Å². The van der Waals surface area contributed by atoms with Crippen molar-refractivity contribution in [2.45, 2.75) is 32.4 Å². The molecule has 2 aliphatic heterocycles. The number of aryl methyl sites for hydroxylation is 1. The van der Waals surface area contributed by atoms with E-state index in [9.17, 15) is 0 Å². The second kappa shape index (κ2) is 8.08. The molecular formula is C22H28N6O. The van der Waals surface area contributed by atoms with Crippen molar-refractivity contribution in [3.05, 3.63) is 47.9 Å². The first-order valence-corrected chi connectivity index (χ1v) is 10.6. The molecule has 7 heteroatoms. The van der Waals surface area contributed by atoms with Crippen molar-refractivity contribution in [2.75, 3.05) is 44.3 Å². The van der Waals surface area contributed by atoms with E-state index in [1.54, 1.807) is 6.33 Å². The lowest BCUT2D eigenvalue weighted by atomic mass is 10.0. The molecule has 0 N–H and O–H groups in total. The van der Waals surface area contributed by atoms with Gasteiger partial charge in [-0.15, -0.1) is 0 Å². The van der Waals surface area contributed by atoms with Gasteiger partial charge in [0.2, 0.25) is 0 Å². The number of aromatic nitrogens is 4. The van der Waals surface area contributed by atoms with Crippen LogP contribution in [-0.4, -0.2) is 64.0 Å². The highest BCUT2D eigenvalue weighted by molar-refractivity contribution is 5.86. The van der Waals surface area contributed by atoms with Crippen molar-refractivity contribution >= 4 is 16.9 Å². The number of piperidine rings is 1. The number of likely N-dealkylation sites (tertiary alicyclic amines) is 1. The van der Waals surface area contributed by atoms with Crippen LogP contribution in [0.15, 0.2) is 36.8 Å². The Morgan fingerprint density at radius 1 is 1.07 bits per heavy atom. The Balaban J connectivity index is 1.29. The maximum absolute atomic E-state index is 5.48. The van der Waals surface area contributed by atoms with Gasteiger partial charge in [-0.3, -0.25) is 4.90 Å². The summed E-state index contributed by atoms with van der Waals surface area (Å²) in [5.74, 6) is 0.987. The number of fused-ring (bicyclic) bond motifs is 1. The first-order valence-electron chi connectivity index (χ1n) is 10.6. The zero-order valence-corrected chi connectivity index (χ0v) is 17.0. The minimum absolute atomic E-state index is 0.397. The first-order chi connectivity index (χ1) is 14.3. The fraction of sp³-hybridized carbons (Fsp3) is 0.500. The average Bonchev–Trinajstić information content (AvgIpc) is 3.19. The van der Waals surface area contributed by atoms with E-state index in [4.69, 9.17) is 9.84 Å². The van der Waals surface area contributed by atoms with Crippen molar-refractivity contribution < 1.29 is 4.74 Å². The van der Waals surface area contributed by atoms with Crippen LogP contribution in [0.1, 0.15) is 30.0 Å². The lowest BCUT2D eigenvalue weighted by molar-refractivity contribution is 0.122. The molecule has 0 radical (unpaired) electrons. The summed E-state index contributed by atoms with van der Waals surface area (Å²) < 4.78 is 7.61. The summed E-state index contributed by atoms with van der Waals surface area (Å²) >= 11 is 0. The van der Waals surface area contributed by atoms with Gasteiger partial charge in [0.05, 0.1) is 30.8 Å². The van der Waals surface area contributed by atoms with Crippen molar-refractivity contribution in [3.8, 4) is 0 Å². The summed E-state index contributed by atoms with van der Waals surface area (Å²) in [4.78, 5) is 14.0. The summed E-state index contributed by atoms with van der Waals surface area (Å²) in [6, 6.07) is 9.22. The fourth-order valence-corrected chi connectivity index (χ4v) is 4.54. The van der Waals surface area contributed by atoms with Crippen LogP contribution in [0.2, 0.25) is 0 Å². The van der Waals surface area contributed by atoms with Crippen molar-refractivity contribution in [2.24, 2.45) is 0 Å². The zero-order valence-electron chi connectivity index (χ0n) is 17.0. The number of nitrogens with zero attached hydrogens (tertiary/aromatic N) is 6. The molecule has 0 unspecified atom stereocenters. The van der Waals surface area contributed by atoms with E-state index in [0.29, 0.717) is 6.04 Å². The number of hydrogen-bond acceptors (Lipinski definition) is 6. The Morgan fingerprint density at radius 2 is 1.90 bits per heavy atom. The van der Waals surface area contributed by atoms with Gasteiger partial charge in [-0.2, -0.15) is 5.10 Å². The maximum Gasteiger partial charge on any atom is 0.163 e. The largest absolute Gasteiger partial charge is 0.378 e. The molecule has 7 nitrogen and oxygen atoms in total. The van der Waals surface area contributed by atoms with E-state index in [2.05, 4.69) is 55.6 Å². The number of benzene rings is 1. The first kappa shape index (κ1) is 18.5. The van der Waals surface area contributed by atoms with Gasteiger partial charge in [0, 0.05) is 32.7 Å². The van der Waals surface area contributed by atoms with Gasteiger partial charge in [0.25, 0.3) is 0 Å². The highest BCUT2D eigenvalue weighted by Gasteiger charge is 2.25. The monoisotopic (exact) mass is 392 g/mol. The Bertz CT molecular complexity index is 972. The summed E-state index contributed by atoms with van der Waals surface area (Å²) in [5, 5.41) is 5.79. The van der Waals surface area contributed by atoms with Crippen molar-refractivity contribution in [1.82, 2.24) is 24.6 Å². The average molecular weight is 393 g/mol. The van der Waals surface area contributed by atoms with E-state index in [-0.39, 0.29) is 0 Å². The fourth-order valence-electron chi connectivity index (χ4n) is 4.54. The van der Waals surface area contributed by atoms with E-state index in [0.717, 1.165) is 75.6 Å². The molecule has 3 aromatic rings. The molecule has 4 heterocycles. The van der Waals surface area contributed by atoms with Crippen LogP contribution >= 0.6 is 0 Å². The van der Waals surface area contributed by atoms with Crippen LogP contribution < -0.4 is 4.90 Å². The molecule has 2 aliphatic rings. The van der Waals surface area contributed by atoms with Gasteiger partial charge in [0.15, 0.2) is 5.65 Å². The normalized spacial score (nSPS) is 19.1. The molecule has 1 aromatic carbocycles. The third-order valence-corrected chi connectivity index (χ3v) is 6.07. The van der Waals surface area contributed by atoms with Crippen molar-refractivity contribution in [3.63, 3.8) is 0 Å². The molecule has 2 saturated heterocycles. The third kappa shape index (κ3) is 3.84. The lowest BCUT2D eigenvalue weighted by Gasteiger charge is -2.32. The Kier molecular flexibility index (Phi) is 5.16. The highest BCUT2D eigenvalue weighted by atomic mass is 16.5. The zero-order chi connectivity index (χ0) is 19.6. The minimum atomic E-state index is 0.397. The molecule has 0 bridgehead atoms. The summed E-state index contributed by atoms with van der Waals surface area (Å²) in [5.41, 5.74) is 3.69. The van der Waals surface area contributed by atoms with Crippen LogP contribution in [-0.2, 0) is 11.3 Å². The molecule has 0 amide bonds. The van der Waals surface area contributed by atoms with Gasteiger partial charge in [-0.1, -0.05) is 29.8 Å². The number of rotatable bonds is 4. The Hall–Kier alpha value is -2.51. The van der Waals surface area contributed by atoms with Gasteiger partial charge < -0.3 is 9.64 Å². The smallest absolute Gasteiger partial charge is 0.163 e. The molecule has 0 saturated carbocycles. The molecule has 2 aromatic heterocycles. The number of morpholine rings is 1. The third-order valence-electron chi connectivity index (χ3n) is 6.07. The number of anilines is 1. The molecule has 0 aliphatic carbocycles. The molecule has 0 spiro atoms. The quantitative estimate of drug-likeness (QED) is 0.681. The van der Waals surface area contributed by atoms with E-state index < -0.39 is 0 Å². The number of hydrogen-bond donors (Lipinski definition) is 0. The van der Waals surface area contributed by atoms with Gasteiger partial charge in [-0.25, -0.2) is 14.6 Å². The second-order valence-electron chi connectivity index (χ2n) is 8.12. The molecule has 2 fully saturated rings.